The summed E-state index contributed by atoms with van der Waals surface area (Å²) in [6.45, 7) is 5.84. The average Bonchev–Trinajstić information content (AvgIpc) is 2.34. The molecular formula is C16H18N2O. The SMILES string of the molecule is Cc1cc(C)c(NC(=O)c2ccccc2C)c(N)c1. The normalized spacial score (nSPS) is 10.3. The van der Waals surface area contributed by atoms with Gasteiger partial charge in [-0.05, 0) is 49.6 Å². The number of anilines is 2. The minimum Gasteiger partial charge on any atom is -0.397 e. The van der Waals surface area contributed by atoms with E-state index in [4.69, 9.17) is 5.73 Å². The Morgan fingerprint density at radius 1 is 1.05 bits per heavy atom. The lowest BCUT2D eigenvalue weighted by Gasteiger charge is -2.13. The van der Waals surface area contributed by atoms with Gasteiger partial charge >= 0.3 is 0 Å². The van der Waals surface area contributed by atoms with E-state index in [0.29, 0.717) is 16.9 Å². The van der Waals surface area contributed by atoms with Crippen LogP contribution in [0.15, 0.2) is 36.4 Å². The van der Waals surface area contributed by atoms with E-state index in [1.54, 1.807) is 0 Å². The van der Waals surface area contributed by atoms with Gasteiger partial charge in [0.1, 0.15) is 0 Å². The molecular weight excluding hydrogens is 236 g/mol. The summed E-state index contributed by atoms with van der Waals surface area (Å²) >= 11 is 0. The standard InChI is InChI=1S/C16H18N2O/c1-10-8-12(3)15(14(17)9-10)18-16(19)13-7-5-4-6-11(13)2/h4-9H,17H2,1-3H3,(H,18,19). The summed E-state index contributed by atoms with van der Waals surface area (Å²) in [6, 6.07) is 11.4. The lowest BCUT2D eigenvalue weighted by Crippen LogP contribution is -2.15. The van der Waals surface area contributed by atoms with Gasteiger partial charge in [-0.1, -0.05) is 24.3 Å². The first-order valence-corrected chi connectivity index (χ1v) is 6.22. The Morgan fingerprint density at radius 2 is 1.74 bits per heavy atom. The Bertz CT molecular complexity index is 609. The van der Waals surface area contributed by atoms with Crippen LogP contribution in [-0.2, 0) is 0 Å². The summed E-state index contributed by atoms with van der Waals surface area (Å²) < 4.78 is 0. The molecule has 0 aliphatic carbocycles. The Morgan fingerprint density at radius 3 is 2.37 bits per heavy atom. The first-order valence-electron chi connectivity index (χ1n) is 6.22. The smallest absolute Gasteiger partial charge is 0.255 e. The number of hydrogen-bond acceptors (Lipinski definition) is 2. The zero-order valence-electron chi connectivity index (χ0n) is 11.4. The van der Waals surface area contributed by atoms with E-state index in [1.165, 1.54) is 0 Å². The van der Waals surface area contributed by atoms with Crippen molar-refractivity contribution in [3.8, 4) is 0 Å². The molecule has 0 atom stereocenters. The van der Waals surface area contributed by atoms with E-state index in [1.807, 2.05) is 57.2 Å². The number of aryl methyl sites for hydroxylation is 3. The van der Waals surface area contributed by atoms with Crippen LogP contribution in [0.3, 0.4) is 0 Å². The van der Waals surface area contributed by atoms with Crippen LogP contribution in [-0.4, -0.2) is 5.91 Å². The van der Waals surface area contributed by atoms with Gasteiger partial charge in [-0.2, -0.15) is 0 Å². The average molecular weight is 254 g/mol. The number of carbonyl (C=O) groups excluding carboxylic acids is 1. The molecule has 3 N–H and O–H groups in total. The molecule has 0 fully saturated rings. The Hall–Kier alpha value is -2.29. The van der Waals surface area contributed by atoms with Crippen molar-refractivity contribution in [2.45, 2.75) is 20.8 Å². The Labute approximate surface area is 113 Å². The number of rotatable bonds is 2. The van der Waals surface area contributed by atoms with Crippen LogP contribution in [0.4, 0.5) is 11.4 Å². The second-order valence-electron chi connectivity index (χ2n) is 4.82. The van der Waals surface area contributed by atoms with Crippen molar-refractivity contribution in [2.24, 2.45) is 0 Å². The molecule has 1 amide bonds. The number of nitrogens with two attached hydrogens (primary N) is 1. The Kier molecular flexibility index (Phi) is 3.56. The molecule has 0 saturated heterocycles. The highest BCUT2D eigenvalue weighted by Gasteiger charge is 2.12. The highest BCUT2D eigenvalue weighted by atomic mass is 16.1. The monoisotopic (exact) mass is 254 g/mol. The summed E-state index contributed by atoms with van der Waals surface area (Å²) in [4.78, 5) is 12.3. The molecule has 0 unspecified atom stereocenters. The molecule has 98 valence electrons. The predicted octanol–water partition coefficient (Wildman–Crippen LogP) is 3.45. The van der Waals surface area contributed by atoms with E-state index in [9.17, 15) is 4.79 Å². The summed E-state index contributed by atoms with van der Waals surface area (Å²) in [5, 5.41) is 2.90. The van der Waals surface area contributed by atoms with Gasteiger partial charge in [-0.3, -0.25) is 4.79 Å². The number of amides is 1. The van der Waals surface area contributed by atoms with Crippen molar-refractivity contribution in [3.63, 3.8) is 0 Å². The first-order chi connectivity index (χ1) is 8.99. The van der Waals surface area contributed by atoms with Crippen molar-refractivity contribution < 1.29 is 4.79 Å². The van der Waals surface area contributed by atoms with Crippen LogP contribution in [0.2, 0.25) is 0 Å². The molecule has 0 aliphatic heterocycles. The zero-order chi connectivity index (χ0) is 14.0. The third kappa shape index (κ3) is 2.76. The number of benzene rings is 2. The third-order valence-electron chi connectivity index (χ3n) is 3.14. The van der Waals surface area contributed by atoms with Gasteiger partial charge in [-0.25, -0.2) is 0 Å². The third-order valence-corrected chi connectivity index (χ3v) is 3.14. The van der Waals surface area contributed by atoms with Gasteiger partial charge in [0.25, 0.3) is 5.91 Å². The fourth-order valence-electron chi connectivity index (χ4n) is 2.18. The second-order valence-corrected chi connectivity index (χ2v) is 4.82. The lowest BCUT2D eigenvalue weighted by atomic mass is 10.1. The zero-order valence-corrected chi connectivity index (χ0v) is 11.4. The van der Waals surface area contributed by atoms with Gasteiger partial charge in [-0.15, -0.1) is 0 Å². The lowest BCUT2D eigenvalue weighted by molar-refractivity contribution is 0.102. The molecule has 0 aromatic heterocycles. The second kappa shape index (κ2) is 5.14. The number of nitrogens with one attached hydrogen (secondary N) is 1. The molecule has 19 heavy (non-hydrogen) atoms. The topological polar surface area (TPSA) is 55.1 Å². The van der Waals surface area contributed by atoms with E-state index < -0.39 is 0 Å². The molecule has 2 aromatic carbocycles. The van der Waals surface area contributed by atoms with E-state index >= 15 is 0 Å². The van der Waals surface area contributed by atoms with Gasteiger partial charge in [0, 0.05) is 5.56 Å². The molecule has 0 spiro atoms. The largest absolute Gasteiger partial charge is 0.397 e. The van der Waals surface area contributed by atoms with Crippen molar-refractivity contribution in [1.82, 2.24) is 0 Å². The van der Waals surface area contributed by atoms with Gasteiger partial charge in [0.2, 0.25) is 0 Å². The predicted molar refractivity (Wildman–Crippen MR) is 79.5 cm³/mol. The number of carbonyl (C=O) groups is 1. The summed E-state index contributed by atoms with van der Waals surface area (Å²) in [5.74, 6) is -0.128. The molecule has 0 bridgehead atoms. The van der Waals surface area contributed by atoms with Crippen molar-refractivity contribution >= 4 is 17.3 Å². The fourth-order valence-corrected chi connectivity index (χ4v) is 2.18. The number of nitrogen functional groups attached to an aromatic ring is 1. The van der Waals surface area contributed by atoms with E-state index in [2.05, 4.69) is 5.32 Å². The van der Waals surface area contributed by atoms with E-state index in [0.717, 1.165) is 16.7 Å². The molecule has 0 radical (unpaired) electrons. The molecule has 3 heteroatoms. The van der Waals surface area contributed by atoms with Crippen molar-refractivity contribution in [2.75, 3.05) is 11.1 Å². The minimum absolute atomic E-state index is 0.128. The molecule has 0 aliphatic rings. The number of hydrogen-bond donors (Lipinski definition) is 2. The van der Waals surface area contributed by atoms with Gasteiger partial charge in [0.15, 0.2) is 0 Å². The van der Waals surface area contributed by atoms with Gasteiger partial charge < -0.3 is 11.1 Å². The Balaban J connectivity index is 2.32. The van der Waals surface area contributed by atoms with Crippen LogP contribution >= 0.6 is 0 Å². The molecule has 0 heterocycles. The fraction of sp³-hybridized carbons (Fsp3) is 0.188. The first kappa shape index (κ1) is 13.1. The van der Waals surface area contributed by atoms with Crippen LogP contribution in [0.25, 0.3) is 0 Å². The minimum atomic E-state index is -0.128. The summed E-state index contributed by atoms with van der Waals surface area (Å²) in [6.07, 6.45) is 0. The quantitative estimate of drug-likeness (QED) is 0.806. The van der Waals surface area contributed by atoms with Crippen LogP contribution < -0.4 is 11.1 Å². The molecule has 3 nitrogen and oxygen atoms in total. The highest BCUT2D eigenvalue weighted by Crippen LogP contribution is 2.25. The maximum atomic E-state index is 12.3. The maximum Gasteiger partial charge on any atom is 0.255 e. The van der Waals surface area contributed by atoms with Crippen LogP contribution in [0.1, 0.15) is 27.0 Å². The molecule has 2 aromatic rings. The van der Waals surface area contributed by atoms with Crippen LogP contribution in [0.5, 0.6) is 0 Å². The van der Waals surface area contributed by atoms with Crippen molar-refractivity contribution in [1.29, 1.82) is 0 Å². The highest BCUT2D eigenvalue weighted by molar-refractivity contribution is 6.07. The van der Waals surface area contributed by atoms with Crippen LogP contribution in [0, 0.1) is 20.8 Å². The molecule has 0 saturated carbocycles. The van der Waals surface area contributed by atoms with Gasteiger partial charge in [0.05, 0.1) is 11.4 Å². The summed E-state index contributed by atoms with van der Waals surface area (Å²) in [5.41, 5.74) is 10.9. The molecule has 2 rings (SSSR count). The van der Waals surface area contributed by atoms with E-state index in [-0.39, 0.29) is 5.91 Å². The summed E-state index contributed by atoms with van der Waals surface area (Å²) in [7, 11) is 0. The van der Waals surface area contributed by atoms with Crippen molar-refractivity contribution in [3.05, 3.63) is 58.7 Å². The maximum absolute atomic E-state index is 12.3.